The second kappa shape index (κ2) is 8.76. The van der Waals surface area contributed by atoms with Crippen LogP contribution in [0.1, 0.15) is 59.9 Å². The fraction of sp³-hybridized carbons (Fsp3) is 0.536. The molecule has 1 amide bonds. The maximum absolute atomic E-state index is 13.2. The van der Waals surface area contributed by atoms with Gasteiger partial charge in [0.05, 0.1) is 11.2 Å². The monoisotopic (exact) mass is 490 g/mol. The van der Waals surface area contributed by atoms with Crippen molar-refractivity contribution in [3.05, 3.63) is 53.7 Å². The SMILES string of the molecule is C[C@@H]1CN(c2ccc(C(=O)O)cc2)CCN1c1cccc(C(=O)NC2[C@@H]3CC4C[C@@H]2CC(O)(C4)C3)n1. The summed E-state index contributed by atoms with van der Waals surface area (Å²) in [7, 11) is 0. The molecule has 4 aliphatic carbocycles. The largest absolute Gasteiger partial charge is 0.478 e. The van der Waals surface area contributed by atoms with Gasteiger partial charge < -0.3 is 25.3 Å². The Balaban J connectivity index is 1.11. The molecule has 3 N–H and O–H groups in total. The second-order valence-electron chi connectivity index (χ2n) is 11.4. The van der Waals surface area contributed by atoms with E-state index < -0.39 is 11.6 Å². The molecule has 1 aromatic carbocycles. The topological polar surface area (TPSA) is 106 Å². The van der Waals surface area contributed by atoms with Crippen LogP contribution >= 0.6 is 0 Å². The first-order valence-corrected chi connectivity index (χ1v) is 13.1. The number of hydrogen-bond donors (Lipinski definition) is 3. The van der Waals surface area contributed by atoms with Crippen molar-refractivity contribution >= 4 is 23.4 Å². The van der Waals surface area contributed by atoms with Gasteiger partial charge >= 0.3 is 5.97 Å². The molecule has 1 saturated heterocycles. The lowest BCUT2D eigenvalue weighted by atomic mass is 9.52. The number of carbonyl (C=O) groups is 2. The van der Waals surface area contributed by atoms with E-state index in [-0.39, 0.29) is 23.6 Å². The van der Waals surface area contributed by atoms with Gasteiger partial charge in [0.25, 0.3) is 5.91 Å². The predicted octanol–water partition coefficient (Wildman–Crippen LogP) is 3.16. The van der Waals surface area contributed by atoms with Crippen LogP contribution < -0.4 is 15.1 Å². The van der Waals surface area contributed by atoms with Crippen molar-refractivity contribution in [2.24, 2.45) is 17.8 Å². The fourth-order valence-electron chi connectivity index (χ4n) is 7.50. The number of amides is 1. The Morgan fingerprint density at radius 1 is 1.03 bits per heavy atom. The normalized spacial score (nSPS) is 33.0. The number of hydrogen-bond acceptors (Lipinski definition) is 6. The lowest BCUT2D eigenvalue weighted by Gasteiger charge is -2.58. The quantitative estimate of drug-likeness (QED) is 0.591. The standard InChI is InChI=1S/C28H34N4O4/c1-17-16-31(22-7-5-19(6-8-22)27(34)35)9-10-32(17)24-4-2-3-23(29-24)26(33)30-25-20-11-18-12-21(25)15-28(36,13-18)14-20/h2-8,17-18,20-21,25,36H,9-16H2,1H3,(H,30,33)(H,34,35)/t17-,18?,20-,21-,25?,28?/m1/s1. The van der Waals surface area contributed by atoms with Crippen molar-refractivity contribution in [2.45, 2.75) is 56.7 Å². The van der Waals surface area contributed by atoms with Gasteiger partial charge in [0.15, 0.2) is 0 Å². The molecule has 190 valence electrons. The van der Waals surface area contributed by atoms with Gasteiger partial charge in [0, 0.05) is 37.4 Å². The third-order valence-electron chi connectivity index (χ3n) is 8.91. The first kappa shape index (κ1) is 23.3. The van der Waals surface area contributed by atoms with Crippen LogP contribution in [-0.4, -0.2) is 64.4 Å². The Morgan fingerprint density at radius 3 is 2.39 bits per heavy atom. The Morgan fingerprint density at radius 2 is 1.75 bits per heavy atom. The van der Waals surface area contributed by atoms with E-state index in [1.54, 1.807) is 18.2 Å². The summed E-state index contributed by atoms with van der Waals surface area (Å²) < 4.78 is 0. The van der Waals surface area contributed by atoms with E-state index in [2.05, 4.69) is 22.0 Å². The number of carboxylic acid groups (broad SMARTS) is 1. The molecule has 0 spiro atoms. The zero-order valence-electron chi connectivity index (χ0n) is 20.6. The Kier molecular flexibility index (Phi) is 5.67. The summed E-state index contributed by atoms with van der Waals surface area (Å²) in [5.41, 5.74) is 1.23. The maximum Gasteiger partial charge on any atom is 0.335 e. The minimum atomic E-state index is -0.921. The lowest BCUT2D eigenvalue weighted by Crippen LogP contribution is -2.61. The molecule has 2 heterocycles. The minimum Gasteiger partial charge on any atom is -0.478 e. The number of carbonyl (C=O) groups excluding carboxylic acids is 1. The van der Waals surface area contributed by atoms with Crippen molar-refractivity contribution in [3.63, 3.8) is 0 Å². The van der Waals surface area contributed by atoms with Gasteiger partial charge in [-0.3, -0.25) is 4.79 Å². The molecule has 4 saturated carbocycles. The number of carboxylic acids is 1. The molecule has 36 heavy (non-hydrogen) atoms. The number of piperazine rings is 1. The summed E-state index contributed by atoms with van der Waals surface area (Å²) in [5, 5.41) is 23.3. The van der Waals surface area contributed by atoms with Crippen LogP contribution in [0.25, 0.3) is 0 Å². The van der Waals surface area contributed by atoms with Crippen molar-refractivity contribution < 1.29 is 19.8 Å². The molecule has 0 unspecified atom stereocenters. The number of aromatic carboxylic acids is 1. The first-order chi connectivity index (χ1) is 17.3. The third kappa shape index (κ3) is 4.21. The highest BCUT2D eigenvalue weighted by Crippen LogP contribution is 2.55. The van der Waals surface area contributed by atoms with E-state index in [1.807, 2.05) is 24.3 Å². The zero-order valence-corrected chi connectivity index (χ0v) is 20.6. The summed E-state index contributed by atoms with van der Waals surface area (Å²) in [6.45, 7) is 4.46. The molecule has 0 radical (unpaired) electrons. The van der Waals surface area contributed by atoms with E-state index in [0.29, 0.717) is 23.4 Å². The summed E-state index contributed by atoms with van der Waals surface area (Å²) in [6, 6.07) is 13.0. The van der Waals surface area contributed by atoms with E-state index in [0.717, 1.165) is 63.2 Å². The predicted molar refractivity (Wildman–Crippen MR) is 136 cm³/mol. The Labute approximate surface area is 211 Å². The average molecular weight is 491 g/mol. The molecule has 8 heteroatoms. The molecular formula is C28H34N4O4. The lowest BCUT2D eigenvalue weighted by molar-refractivity contribution is -0.136. The van der Waals surface area contributed by atoms with Gasteiger partial charge in [0.2, 0.25) is 0 Å². The highest BCUT2D eigenvalue weighted by Gasteiger charge is 2.55. The summed E-state index contributed by atoms with van der Waals surface area (Å²) in [5.74, 6) is 1.10. The number of rotatable bonds is 5. The van der Waals surface area contributed by atoms with Crippen molar-refractivity contribution in [1.82, 2.24) is 10.3 Å². The molecule has 7 rings (SSSR count). The number of anilines is 2. The zero-order chi connectivity index (χ0) is 25.0. The van der Waals surface area contributed by atoms with Crippen molar-refractivity contribution in [1.29, 1.82) is 0 Å². The van der Waals surface area contributed by atoms with Crippen LogP contribution in [-0.2, 0) is 0 Å². The molecule has 8 nitrogen and oxygen atoms in total. The molecule has 2 aromatic rings. The molecule has 4 bridgehead atoms. The first-order valence-electron chi connectivity index (χ1n) is 13.1. The van der Waals surface area contributed by atoms with Crippen LogP contribution in [0.3, 0.4) is 0 Å². The number of aliphatic hydroxyl groups is 1. The summed E-state index contributed by atoms with van der Waals surface area (Å²) in [4.78, 5) is 33.6. The number of benzene rings is 1. The van der Waals surface area contributed by atoms with Crippen molar-refractivity contribution in [3.8, 4) is 0 Å². The number of nitrogens with one attached hydrogen (secondary N) is 1. The highest BCUT2D eigenvalue weighted by atomic mass is 16.4. The van der Waals surface area contributed by atoms with Gasteiger partial charge in [-0.2, -0.15) is 0 Å². The summed E-state index contributed by atoms with van der Waals surface area (Å²) in [6.07, 6.45) is 4.76. The van der Waals surface area contributed by atoms with Crippen LogP contribution in [0.5, 0.6) is 0 Å². The smallest absolute Gasteiger partial charge is 0.335 e. The molecule has 5 fully saturated rings. The van der Waals surface area contributed by atoms with Gasteiger partial charge in [-0.1, -0.05) is 6.07 Å². The van der Waals surface area contributed by atoms with E-state index in [9.17, 15) is 14.7 Å². The minimum absolute atomic E-state index is 0.119. The molecular weight excluding hydrogens is 456 g/mol. The van der Waals surface area contributed by atoms with Gasteiger partial charge in [-0.25, -0.2) is 9.78 Å². The number of pyridine rings is 1. The number of nitrogens with zero attached hydrogens (tertiary/aromatic N) is 3. The molecule has 1 aliphatic heterocycles. The molecule has 5 aliphatic rings. The van der Waals surface area contributed by atoms with E-state index in [1.165, 1.54) is 0 Å². The summed E-state index contributed by atoms with van der Waals surface area (Å²) >= 11 is 0. The van der Waals surface area contributed by atoms with Crippen LogP contribution in [0, 0.1) is 17.8 Å². The average Bonchev–Trinajstić information content (AvgIpc) is 2.85. The molecule has 1 aromatic heterocycles. The highest BCUT2D eigenvalue weighted by molar-refractivity contribution is 5.93. The number of aromatic nitrogens is 1. The Bertz CT molecular complexity index is 1150. The van der Waals surface area contributed by atoms with Crippen LogP contribution in [0.15, 0.2) is 42.5 Å². The van der Waals surface area contributed by atoms with Gasteiger partial charge in [0.1, 0.15) is 11.5 Å². The molecule has 3 atom stereocenters. The van der Waals surface area contributed by atoms with E-state index >= 15 is 0 Å². The van der Waals surface area contributed by atoms with E-state index in [4.69, 9.17) is 10.1 Å². The Hall–Kier alpha value is -3.13. The van der Waals surface area contributed by atoms with Gasteiger partial charge in [-0.15, -0.1) is 0 Å². The van der Waals surface area contributed by atoms with Crippen LogP contribution in [0.4, 0.5) is 11.5 Å². The van der Waals surface area contributed by atoms with Gasteiger partial charge in [-0.05, 0) is 93.2 Å². The second-order valence-corrected chi connectivity index (χ2v) is 11.4. The van der Waals surface area contributed by atoms with Crippen molar-refractivity contribution in [2.75, 3.05) is 29.4 Å². The van der Waals surface area contributed by atoms with Crippen LogP contribution in [0.2, 0.25) is 0 Å². The fourth-order valence-corrected chi connectivity index (χ4v) is 7.50. The third-order valence-corrected chi connectivity index (χ3v) is 8.91. The maximum atomic E-state index is 13.2.